The predicted octanol–water partition coefficient (Wildman–Crippen LogP) is 3.76. The Bertz CT molecular complexity index is 572. The van der Waals surface area contributed by atoms with Gasteiger partial charge in [0.05, 0.1) is 0 Å². The van der Waals surface area contributed by atoms with E-state index in [1.54, 1.807) is 6.20 Å². The summed E-state index contributed by atoms with van der Waals surface area (Å²) in [6, 6.07) is 13.6. The van der Waals surface area contributed by atoms with Gasteiger partial charge in [-0.1, -0.05) is 36.7 Å². The molecule has 0 spiro atoms. The molecule has 1 unspecified atom stereocenters. The molecule has 0 aliphatic carbocycles. The van der Waals surface area contributed by atoms with Crippen molar-refractivity contribution >= 4 is 11.6 Å². The van der Waals surface area contributed by atoms with Crippen LogP contribution >= 0.6 is 11.6 Å². The Kier molecular flexibility index (Phi) is 3.41. The lowest BCUT2D eigenvalue weighted by Crippen LogP contribution is -2.00. The quantitative estimate of drug-likeness (QED) is 0.804. The van der Waals surface area contributed by atoms with Gasteiger partial charge in [-0.25, -0.2) is 4.98 Å². The number of hydrogen-bond acceptors (Lipinski definition) is 2. The van der Waals surface area contributed by atoms with Crippen LogP contribution in [-0.4, -0.2) is 4.98 Å². The maximum atomic E-state index is 9.03. The number of rotatable bonds is 2. The van der Waals surface area contributed by atoms with E-state index in [1.165, 1.54) is 0 Å². The Hall–Kier alpha value is -1.85. The Morgan fingerprint density at radius 2 is 2.12 bits per heavy atom. The molecule has 3 heteroatoms. The van der Waals surface area contributed by atoms with E-state index in [4.69, 9.17) is 16.9 Å². The lowest BCUT2D eigenvalue weighted by Gasteiger charge is -2.13. The van der Waals surface area contributed by atoms with Crippen molar-refractivity contribution in [3.8, 4) is 6.07 Å². The largest absolute Gasteiger partial charge is 0.245 e. The molecule has 1 heterocycles. The zero-order valence-electron chi connectivity index (χ0n) is 9.39. The zero-order chi connectivity index (χ0) is 12.3. The highest BCUT2D eigenvalue weighted by atomic mass is 35.5. The molecule has 0 bridgehead atoms. The molecule has 0 saturated carbocycles. The molecule has 84 valence electrons. The predicted molar refractivity (Wildman–Crippen MR) is 67.9 cm³/mol. The second-order valence-electron chi connectivity index (χ2n) is 3.83. The summed E-state index contributed by atoms with van der Waals surface area (Å²) >= 11 is 5.97. The summed E-state index contributed by atoms with van der Waals surface area (Å²) in [4.78, 5) is 4.07. The molecule has 0 fully saturated rings. The first-order valence-corrected chi connectivity index (χ1v) is 5.70. The van der Waals surface area contributed by atoms with Crippen LogP contribution in [0.15, 0.2) is 42.6 Å². The molecular weight excluding hydrogens is 232 g/mol. The van der Waals surface area contributed by atoms with E-state index in [0.717, 1.165) is 11.1 Å². The van der Waals surface area contributed by atoms with Crippen LogP contribution in [0, 0.1) is 11.3 Å². The Morgan fingerprint density at radius 1 is 1.29 bits per heavy atom. The highest BCUT2D eigenvalue weighted by Gasteiger charge is 2.13. The van der Waals surface area contributed by atoms with Crippen LogP contribution in [0.5, 0.6) is 0 Å². The van der Waals surface area contributed by atoms with Gasteiger partial charge in [-0.05, 0) is 29.3 Å². The van der Waals surface area contributed by atoms with Crippen molar-refractivity contribution in [3.63, 3.8) is 0 Å². The third-order valence-electron chi connectivity index (χ3n) is 2.76. The summed E-state index contributed by atoms with van der Waals surface area (Å²) in [5.74, 6) is 0.108. The Labute approximate surface area is 105 Å². The van der Waals surface area contributed by atoms with Crippen LogP contribution in [0.4, 0.5) is 0 Å². The standard InChI is InChI=1S/C14H11ClN2/c1-10(11-4-2-5-12(15)8-11)13-6-3-7-17-14(13)9-16/h2-8,10H,1H3. The summed E-state index contributed by atoms with van der Waals surface area (Å²) in [7, 11) is 0. The monoisotopic (exact) mass is 242 g/mol. The van der Waals surface area contributed by atoms with Crippen LogP contribution < -0.4 is 0 Å². The van der Waals surface area contributed by atoms with Crippen LogP contribution in [0.25, 0.3) is 0 Å². The fraction of sp³-hybridized carbons (Fsp3) is 0.143. The third-order valence-corrected chi connectivity index (χ3v) is 3.00. The molecule has 2 aromatic rings. The van der Waals surface area contributed by atoms with E-state index in [2.05, 4.69) is 11.1 Å². The lowest BCUT2D eigenvalue weighted by atomic mass is 9.92. The summed E-state index contributed by atoms with van der Waals surface area (Å²) < 4.78 is 0. The van der Waals surface area contributed by atoms with E-state index in [0.29, 0.717) is 10.7 Å². The molecule has 0 radical (unpaired) electrons. The number of nitriles is 1. The van der Waals surface area contributed by atoms with Gasteiger partial charge in [0.25, 0.3) is 0 Å². The molecule has 0 saturated heterocycles. The van der Waals surface area contributed by atoms with Crippen molar-refractivity contribution in [3.05, 3.63) is 64.4 Å². The molecule has 0 N–H and O–H groups in total. The summed E-state index contributed by atoms with van der Waals surface area (Å²) in [6.07, 6.45) is 1.63. The van der Waals surface area contributed by atoms with Gasteiger partial charge in [-0.2, -0.15) is 5.26 Å². The number of halogens is 1. The maximum Gasteiger partial charge on any atom is 0.144 e. The van der Waals surface area contributed by atoms with E-state index in [1.807, 2.05) is 43.3 Å². The molecule has 17 heavy (non-hydrogen) atoms. The van der Waals surface area contributed by atoms with Crippen molar-refractivity contribution in [2.75, 3.05) is 0 Å². The van der Waals surface area contributed by atoms with Crippen molar-refractivity contribution in [2.45, 2.75) is 12.8 Å². The van der Waals surface area contributed by atoms with E-state index in [-0.39, 0.29) is 5.92 Å². The van der Waals surface area contributed by atoms with Crippen LogP contribution in [0.3, 0.4) is 0 Å². The van der Waals surface area contributed by atoms with Gasteiger partial charge in [-0.15, -0.1) is 0 Å². The first-order chi connectivity index (χ1) is 8.22. The van der Waals surface area contributed by atoms with E-state index in [9.17, 15) is 0 Å². The Morgan fingerprint density at radius 3 is 2.82 bits per heavy atom. The topological polar surface area (TPSA) is 36.7 Å². The third kappa shape index (κ3) is 2.46. The molecule has 1 aromatic heterocycles. The zero-order valence-corrected chi connectivity index (χ0v) is 10.1. The van der Waals surface area contributed by atoms with Gasteiger partial charge in [0.1, 0.15) is 11.8 Å². The Balaban J connectivity index is 2.44. The second-order valence-corrected chi connectivity index (χ2v) is 4.27. The number of nitrogens with zero attached hydrogens (tertiary/aromatic N) is 2. The van der Waals surface area contributed by atoms with Gasteiger partial charge in [0.2, 0.25) is 0 Å². The van der Waals surface area contributed by atoms with Crippen LogP contribution in [-0.2, 0) is 0 Å². The van der Waals surface area contributed by atoms with Crippen molar-refractivity contribution < 1.29 is 0 Å². The van der Waals surface area contributed by atoms with Crippen molar-refractivity contribution in [2.24, 2.45) is 0 Å². The van der Waals surface area contributed by atoms with E-state index < -0.39 is 0 Å². The first-order valence-electron chi connectivity index (χ1n) is 5.33. The summed E-state index contributed by atoms with van der Waals surface area (Å²) in [6.45, 7) is 2.05. The lowest BCUT2D eigenvalue weighted by molar-refractivity contribution is 0.904. The number of hydrogen-bond donors (Lipinski definition) is 0. The fourth-order valence-corrected chi connectivity index (χ4v) is 2.01. The molecule has 2 rings (SSSR count). The normalized spacial score (nSPS) is 11.8. The minimum atomic E-state index is 0.108. The van der Waals surface area contributed by atoms with Crippen molar-refractivity contribution in [1.29, 1.82) is 5.26 Å². The summed E-state index contributed by atoms with van der Waals surface area (Å²) in [5.41, 5.74) is 2.49. The SMILES string of the molecule is CC(c1cccc(Cl)c1)c1cccnc1C#N. The minimum Gasteiger partial charge on any atom is -0.245 e. The first kappa shape index (κ1) is 11.6. The highest BCUT2D eigenvalue weighted by Crippen LogP contribution is 2.27. The van der Waals surface area contributed by atoms with E-state index >= 15 is 0 Å². The highest BCUT2D eigenvalue weighted by molar-refractivity contribution is 6.30. The molecule has 1 aromatic carbocycles. The van der Waals surface area contributed by atoms with Gasteiger partial charge in [-0.3, -0.25) is 0 Å². The number of aromatic nitrogens is 1. The van der Waals surface area contributed by atoms with Gasteiger partial charge < -0.3 is 0 Å². The molecule has 0 aliphatic heterocycles. The molecule has 2 nitrogen and oxygen atoms in total. The fourth-order valence-electron chi connectivity index (χ4n) is 1.82. The average molecular weight is 243 g/mol. The summed E-state index contributed by atoms with van der Waals surface area (Å²) in [5, 5.41) is 9.74. The minimum absolute atomic E-state index is 0.108. The molecule has 0 aliphatic rings. The van der Waals surface area contributed by atoms with Crippen molar-refractivity contribution in [1.82, 2.24) is 4.98 Å². The number of pyridine rings is 1. The second kappa shape index (κ2) is 4.99. The molecular formula is C14H11ClN2. The average Bonchev–Trinajstić information content (AvgIpc) is 2.38. The molecule has 1 atom stereocenters. The van der Waals surface area contributed by atoms with Crippen LogP contribution in [0.1, 0.15) is 29.7 Å². The van der Waals surface area contributed by atoms with Gasteiger partial charge >= 0.3 is 0 Å². The smallest absolute Gasteiger partial charge is 0.144 e. The molecule has 0 amide bonds. The van der Waals surface area contributed by atoms with Crippen LogP contribution in [0.2, 0.25) is 5.02 Å². The maximum absolute atomic E-state index is 9.03. The van der Waals surface area contributed by atoms with Gasteiger partial charge in [0, 0.05) is 17.1 Å². The van der Waals surface area contributed by atoms with Gasteiger partial charge in [0.15, 0.2) is 0 Å². The number of benzene rings is 1.